The minimum absolute atomic E-state index is 0.0266. The number of hydrogen-bond acceptors (Lipinski definition) is 4. The molecule has 1 aliphatic rings. The molecular formula is C15H17BrN2O2. The van der Waals surface area contributed by atoms with E-state index in [1.54, 1.807) is 0 Å². The van der Waals surface area contributed by atoms with Gasteiger partial charge in [0.15, 0.2) is 0 Å². The fraction of sp³-hybridized carbons (Fsp3) is 0.467. The van der Waals surface area contributed by atoms with Crippen molar-refractivity contribution in [1.82, 2.24) is 10.1 Å². The molecule has 0 radical (unpaired) electrons. The van der Waals surface area contributed by atoms with Crippen LogP contribution in [0.25, 0.3) is 11.4 Å². The van der Waals surface area contributed by atoms with Crippen LogP contribution >= 0.6 is 15.9 Å². The van der Waals surface area contributed by atoms with Crippen LogP contribution in [0.4, 0.5) is 0 Å². The van der Waals surface area contributed by atoms with Crippen molar-refractivity contribution < 1.29 is 9.63 Å². The molecule has 0 bridgehead atoms. The lowest BCUT2D eigenvalue weighted by atomic mass is 9.97. The van der Waals surface area contributed by atoms with Gasteiger partial charge in [-0.2, -0.15) is 4.98 Å². The van der Waals surface area contributed by atoms with Crippen LogP contribution in [0.2, 0.25) is 0 Å². The SMILES string of the molecule is OC1CCCCCC1c1nc(-c2ccccc2Br)no1. The van der Waals surface area contributed by atoms with E-state index in [0.717, 1.165) is 35.7 Å². The molecule has 1 fully saturated rings. The zero-order chi connectivity index (χ0) is 13.9. The molecule has 20 heavy (non-hydrogen) atoms. The Labute approximate surface area is 126 Å². The highest BCUT2D eigenvalue weighted by molar-refractivity contribution is 9.10. The normalized spacial score (nSPS) is 23.5. The molecule has 4 nitrogen and oxygen atoms in total. The standard InChI is InChI=1S/C15H17BrN2O2/c16-12-8-5-4-6-10(12)14-17-15(20-18-14)11-7-2-1-3-9-13(11)19/h4-6,8,11,13,19H,1-3,7,9H2. The maximum atomic E-state index is 10.2. The average molecular weight is 337 g/mol. The van der Waals surface area contributed by atoms with Crippen molar-refractivity contribution in [2.75, 3.05) is 0 Å². The summed E-state index contributed by atoms with van der Waals surface area (Å²) >= 11 is 3.49. The van der Waals surface area contributed by atoms with Crippen molar-refractivity contribution in [1.29, 1.82) is 0 Å². The first-order valence-corrected chi connectivity index (χ1v) is 7.81. The lowest BCUT2D eigenvalue weighted by Gasteiger charge is -2.15. The van der Waals surface area contributed by atoms with Gasteiger partial charge in [0.2, 0.25) is 11.7 Å². The summed E-state index contributed by atoms with van der Waals surface area (Å²) in [5.74, 6) is 1.11. The third-order valence-electron chi connectivity index (χ3n) is 3.85. The number of hydrogen-bond donors (Lipinski definition) is 1. The van der Waals surface area contributed by atoms with Gasteiger partial charge in [-0.15, -0.1) is 0 Å². The van der Waals surface area contributed by atoms with E-state index in [-0.39, 0.29) is 12.0 Å². The van der Waals surface area contributed by atoms with Gasteiger partial charge in [-0.05, 0) is 25.0 Å². The van der Waals surface area contributed by atoms with E-state index in [4.69, 9.17) is 4.52 Å². The Morgan fingerprint density at radius 1 is 1.15 bits per heavy atom. The second-order valence-corrected chi connectivity index (χ2v) is 6.10. The molecule has 5 heteroatoms. The Morgan fingerprint density at radius 2 is 1.95 bits per heavy atom. The van der Waals surface area contributed by atoms with E-state index < -0.39 is 0 Å². The van der Waals surface area contributed by atoms with E-state index in [1.807, 2.05) is 24.3 Å². The van der Waals surface area contributed by atoms with Crippen molar-refractivity contribution >= 4 is 15.9 Å². The predicted octanol–water partition coefficient (Wildman–Crippen LogP) is 3.91. The van der Waals surface area contributed by atoms with Gasteiger partial charge in [0.25, 0.3) is 0 Å². The molecule has 0 saturated heterocycles. The zero-order valence-corrected chi connectivity index (χ0v) is 12.7. The second-order valence-electron chi connectivity index (χ2n) is 5.25. The Balaban J connectivity index is 1.88. The van der Waals surface area contributed by atoms with Crippen molar-refractivity contribution in [2.24, 2.45) is 0 Å². The van der Waals surface area contributed by atoms with Crippen LogP contribution in [0.15, 0.2) is 33.3 Å². The molecule has 2 unspecified atom stereocenters. The summed E-state index contributed by atoms with van der Waals surface area (Å²) < 4.78 is 6.34. The second kappa shape index (κ2) is 6.06. The monoisotopic (exact) mass is 336 g/mol. The Kier molecular flexibility index (Phi) is 4.17. The fourth-order valence-corrected chi connectivity index (χ4v) is 3.18. The molecule has 2 aromatic rings. The van der Waals surface area contributed by atoms with Gasteiger partial charge in [-0.1, -0.05) is 52.5 Å². The molecular weight excluding hydrogens is 320 g/mol. The van der Waals surface area contributed by atoms with Crippen LogP contribution in [0.5, 0.6) is 0 Å². The molecule has 0 aliphatic heterocycles. The summed E-state index contributed by atoms with van der Waals surface area (Å²) in [7, 11) is 0. The van der Waals surface area contributed by atoms with Gasteiger partial charge in [0.1, 0.15) is 0 Å². The Morgan fingerprint density at radius 3 is 2.80 bits per heavy atom. The van der Waals surface area contributed by atoms with Gasteiger partial charge in [0, 0.05) is 10.0 Å². The molecule has 0 spiro atoms. The number of nitrogens with zero attached hydrogens (tertiary/aromatic N) is 2. The predicted molar refractivity (Wildman–Crippen MR) is 79.3 cm³/mol. The minimum Gasteiger partial charge on any atom is -0.392 e. The fourth-order valence-electron chi connectivity index (χ4n) is 2.71. The van der Waals surface area contributed by atoms with Crippen molar-refractivity contribution in [3.8, 4) is 11.4 Å². The molecule has 1 heterocycles. The Bertz CT molecular complexity index is 585. The highest BCUT2D eigenvalue weighted by Gasteiger charge is 2.28. The maximum absolute atomic E-state index is 10.2. The first-order chi connectivity index (χ1) is 9.75. The first kappa shape index (κ1) is 13.8. The van der Waals surface area contributed by atoms with E-state index in [2.05, 4.69) is 26.1 Å². The van der Waals surface area contributed by atoms with Gasteiger partial charge in [0.05, 0.1) is 12.0 Å². The van der Waals surface area contributed by atoms with Crippen LogP contribution in [0.3, 0.4) is 0 Å². The number of halogens is 1. The number of rotatable bonds is 2. The van der Waals surface area contributed by atoms with Crippen LogP contribution < -0.4 is 0 Å². The summed E-state index contributed by atoms with van der Waals surface area (Å²) in [5.41, 5.74) is 0.908. The average Bonchev–Trinajstić information content (AvgIpc) is 2.82. The maximum Gasteiger partial charge on any atom is 0.232 e. The summed E-state index contributed by atoms with van der Waals surface area (Å²) in [6, 6.07) is 7.79. The van der Waals surface area contributed by atoms with Gasteiger partial charge < -0.3 is 9.63 Å². The number of aliphatic hydroxyl groups is 1. The van der Waals surface area contributed by atoms with Crippen LogP contribution in [0.1, 0.15) is 43.9 Å². The smallest absolute Gasteiger partial charge is 0.232 e. The first-order valence-electron chi connectivity index (χ1n) is 7.02. The molecule has 0 amide bonds. The van der Waals surface area contributed by atoms with Gasteiger partial charge in [-0.3, -0.25) is 0 Å². The lowest BCUT2D eigenvalue weighted by molar-refractivity contribution is 0.119. The minimum atomic E-state index is -0.370. The molecule has 1 saturated carbocycles. The number of aromatic nitrogens is 2. The van der Waals surface area contributed by atoms with Crippen LogP contribution in [-0.4, -0.2) is 21.4 Å². The summed E-state index contributed by atoms with van der Waals surface area (Å²) in [6.07, 6.45) is 4.71. The van der Waals surface area contributed by atoms with Crippen molar-refractivity contribution in [3.05, 3.63) is 34.6 Å². The lowest BCUT2D eigenvalue weighted by Crippen LogP contribution is -2.17. The highest BCUT2D eigenvalue weighted by Crippen LogP contribution is 2.33. The summed E-state index contributed by atoms with van der Waals surface area (Å²) in [6.45, 7) is 0. The highest BCUT2D eigenvalue weighted by atomic mass is 79.9. The van der Waals surface area contributed by atoms with E-state index >= 15 is 0 Å². The van der Waals surface area contributed by atoms with E-state index in [9.17, 15) is 5.11 Å². The quantitative estimate of drug-likeness (QED) is 0.844. The molecule has 2 atom stereocenters. The molecule has 1 aromatic heterocycles. The largest absolute Gasteiger partial charge is 0.392 e. The van der Waals surface area contributed by atoms with Crippen LogP contribution in [-0.2, 0) is 0 Å². The topological polar surface area (TPSA) is 59.2 Å². The van der Waals surface area contributed by atoms with E-state index in [1.165, 1.54) is 6.42 Å². The molecule has 1 aromatic carbocycles. The van der Waals surface area contributed by atoms with Crippen LogP contribution in [0, 0.1) is 0 Å². The van der Waals surface area contributed by atoms with Gasteiger partial charge in [-0.25, -0.2) is 0 Å². The van der Waals surface area contributed by atoms with E-state index in [0.29, 0.717) is 11.7 Å². The number of benzene rings is 1. The molecule has 3 rings (SSSR count). The van der Waals surface area contributed by atoms with Crippen molar-refractivity contribution in [2.45, 2.75) is 44.1 Å². The Hall–Kier alpha value is -1.20. The zero-order valence-electron chi connectivity index (χ0n) is 11.1. The third kappa shape index (κ3) is 2.79. The third-order valence-corrected chi connectivity index (χ3v) is 4.54. The molecule has 1 aliphatic carbocycles. The van der Waals surface area contributed by atoms with Crippen molar-refractivity contribution in [3.63, 3.8) is 0 Å². The molecule has 1 N–H and O–H groups in total. The van der Waals surface area contributed by atoms with Gasteiger partial charge >= 0.3 is 0 Å². The molecule has 106 valence electrons. The summed E-state index contributed by atoms with van der Waals surface area (Å²) in [4.78, 5) is 4.49. The number of aliphatic hydroxyl groups excluding tert-OH is 1. The summed E-state index contributed by atoms with van der Waals surface area (Å²) in [5, 5.41) is 14.3.